The smallest absolute Gasteiger partial charge is 0.00172 e. The van der Waals surface area contributed by atoms with Crippen LogP contribution >= 0.6 is 0 Å². The van der Waals surface area contributed by atoms with Gasteiger partial charge >= 0.3 is 0 Å². The fourth-order valence-electron chi connectivity index (χ4n) is 10.4. The average Bonchev–Trinajstić information content (AvgIpc) is 3.65. The zero-order valence-electron chi connectivity index (χ0n) is 32.4. The number of fused-ring (bicyclic) bond motifs is 11. The van der Waals surface area contributed by atoms with E-state index in [9.17, 15) is 0 Å². The van der Waals surface area contributed by atoms with E-state index >= 15 is 0 Å². The molecule has 0 aliphatic carbocycles. The molecule has 54 heavy (non-hydrogen) atoms. The molecule has 11 rings (SSSR count). The Morgan fingerprint density at radius 3 is 1.02 bits per heavy atom. The first kappa shape index (κ1) is 31.5. The van der Waals surface area contributed by atoms with E-state index in [1.165, 1.54) is 153 Å². The fourth-order valence-corrected chi connectivity index (χ4v) is 10.4. The topological polar surface area (TPSA) is 0 Å². The molecule has 0 saturated carbocycles. The van der Waals surface area contributed by atoms with Crippen LogP contribution in [0.4, 0.5) is 0 Å². The predicted octanol–water partition coefficient (Wildman–Crippen LogP) is 15.6. The third kappa shape index (κ3) is 4.09. The Bertz CT molecular complexity index is 3210. The Morgan fingerprint density at radius 1 is 0.241 bits per heavy atom. The van der Waals surface area contributed by atoms with Crippen molar-refractivity contribution in [1.29, 1.82) is 0 Å². The second kappa shape index (κ2) is 10.8. The van der Waals surface area contributed by atoms with Crippen molar-refractivity contribution >= 4 is 86.2 Å². The van der Waals surface area contributed by atoms with Crippen molar-refractivity contribution in [2.75, 3.05) is 0 Å². The van der Waals surface area contributed by atoms with Crippen molar-refractivity contribution in [3.8, 4) is 22.3 Å². The number of benzene rings is 9. The van der Waals surface area contributed by atoms with Gasteiger partial charge < -0.3 is 0 Å². The van der Waals surface area contributed by atoms with Gasteiger partial charge in [0.05, 0.1) is 0 Å². The second-order valence-corrected chi connectivity index (χ2v) is 16.5. The molecule has 0 unspecified atom stereocenters. The molecular weight excluding hydrogens is 649 g/mol. The van der Waals surface area contributed by atoms with Gasteiger partial charge in [-0.1, -0.05) is 96.1 Å². The van der Waals surface area contributed by atoms with Gasteiger partial charge in [0.25, 0.3) is 0 Å². The van der Waals surface area contributed by atoms with E-state index in [1.807, 2.05) is 0 Å². The van der Waals surface area contributed by atoms with Crippen LogP contribution in [0.15, 0.2) is 109 Å². The summed E-state index contributed by atoms with van der Waals surface area (Å²) in [5.41, 5.74) is 16.0. The molecule has 0 aliphatic heterocycles. The molecule has 0 fully saturated rings. The first-order valence-corrected chi connectivity index (χ1v) is 19.4. The van der Waals surface area contributed by atoms with Crippen molar-refractivity contribution in [2.45, 2.75) is 55.4 Å². The lowest BCUT2D eigenvalue weighted by Crippen LogP contribution is -1.89. The van der Waals surface area contributed by atoms with Crippen LogP contribution in [0.25, 0.3) is 108 Å². The van der Waals surface area contributed by atoms with Gasteiger partial charge in [0.1, 0.15) is 0 Å². The van der Waals surface area contributed by atoms with Crippen LogP contribution in [0.1, 0.15) is 44.5 Å². The van der Waals surface area contributed by atoms with Crippen LogP contribution in [0.2, 0.25) is 0 Å². The van der Waals surface area contributed by atoms with Gasteiger partial charge in [0.15, 0.2) is 0 Å². The number of aryl methyl sites for hydroxylation is 6. The fraction of sp³-hybridized carbons (Fsp3) is 0.148. The molecule has 258 valence electrons. The van der Waals surface area contributed by atoms with E-state index < -0.39 is 0 Å². The van der Waals surface area contributed by atoms with E-state index in [1.54, 1.807) is 0 Å². The third-order valence-corrected chi connectivity index (χ3v) is 13.2. The average molecular weight is 691 g/mol. The van der Waals surface area contributed by atoms with E-state index in [2.05, 4.69) is 165 Å². The van der Waals surface area contributed by atoms with Crippen molar-refractivity contribution in [3.05, 3.63) is 154 Å². The van der Waals surface area contributed by atoms with Crippen LogP contribution in [0, 0.1) is 55.4 Å². The highest BCUT2D eigenvalue weighted by molar-refractivity contribution is 6.40. The quantitative estimate of drug-likeness (QED) is 0.158. The third-order valence-electron chi connectivity index (χ3n) is 13.2. The highest BCUT2D eigenvalue weighted by atomic mass is 14.2. The molecule has 0 aliphatic rings. The molecule has 0 nitrogen and oxygen atoms in total. The van der Waals surface area contributed by atoms with Gasteiger partial charge in [-0.15, -0.1) is 0 Å². The zero-order valence-corrected chi connectivity index (χ0v) is 32.4. The predicted molar refractivity (Wildman–Crippen MR) is 238 cm³/mol. The van der Waals surface area contributed by atoms with Gasteiger partial charge in [-0.05, 0) is 221 Å². The minimum absolute atomic E-state index is 1.29. The highest BCUT2D eigenvalue weighted by Gasteiger charge is 2.21. The van der Waals surface area contributed by atoms with E-state index in [4.69, 9.17) is 0 Å². The molecule has 0 radical (unpaired) electrons. The molecule has 0 atom stereocenters. The summed E-state index contributed by atoms with van der Waals surface area (Å²) in [6.45, 7) is 18.0. The highest BCUT2D eigenvalue weighted by Crippen LogP contribution is 2.49. The van der Waals surface area contributed by atoms with Crippen molar-refractivity contribution in [1.82, 2.24) is 0 Å². The van der Waals surface area contributed by atoms with Crippen LogP contribution < -0.4 is 0 Å². The lowest BCUT2D eigenvalue weighted by atomic mass is 9.89. The summed E-state index contributed by atoms with van der Waals surface area (Å²) in [5, 5.41) is 21.7. The summed E-state index contributed by atoms with van der Waals surface area (Å²) in [6, 6.07) is 43.0. The van der Waals surface area contributed by atoms with Crippen molar-refractivity contribution in [2.24, 2.45) is 0 Å². The standard InChI is InChI=1S/C54H42/c1-27-19-31(5)33(7)43(21-27)35-11-15-37-39-13-9-29(3)51-41-17-18-42-48(47(41)25-49(53(39)51)45(37)23-35)26-50-46-24-36(44-22-28(2)20-32(6)34(44)8)12-16-38(46)40-14-10-30(4)52(42)54(40)50/h9-26H,1-8H3. The van der Waals surface area contributed by atoms with Gasteiger partial charge in [-0.2, -0.15) is 0 Å². The zero-order chi connectivity index (χ0) is 36.9. The summed E-state index contributed by atoms with van der Waals surface area (Å²) in [7, 11) is 0. The molecule has 0 bridgehead atoms. The molecule has 11 aromatic rings. The van der Waals surface area contributed by atoms with E-state index in [0.717, 1.165) is 0 Å². The molecule has 0 aromatic heterocycles. The Balaban J connectivity index is 1.28. The largest absolute Gasteiger partial charge is 0.0580 e. The van der Waals surface area contributed by atoms with Crippen molar-refractivity contribution in [3.63, 3.8) is 0 Å². The lowest BCUT2D eigenvalue weighted by Gasteiger charge is -2.14. The minimum Gasteiger partial charge on any atom is -0.0580 e. The first-order chi connectivity index (χ1) is 26.1. The van der Waals surface area contributed by atoms with Gasteiger partial charge in [-0.25, -0.2) is 0 Å². The van der Waals surface area contributed by atoms with Crippen LogP contribution in [-0.2, 0) is 0 Å². The van der Waals surface area contributed by atoms with E-state index in [0.29, 0.717) is 0 Å². The molecule has 11 aromatic carbocycles. The number of hydrogen-bond acceptors (Lipinski definition) is 0. The molecule has 0 amide bonds. The van der Waals surface area contributed by atoms with E-state index in [-0.39, 0.29) is 0 Å². The van der Waals surface area contributed by atoms with Crippen LogP contribution in [0.5, 0.6) is 0 Å². The summed E-state index contributed by atoms with van der Waals surface area (Å²) in [5.74, 6) is 0. The lowest BCUT2D eigenvalue weighted by molar-refractivity contribution is 1.30. The molecule has 0 heteroatoms. The molecule has 0 saturated heterocycles. The summed E-state index contributed by atoms with van der Waals surface area (Å²) < 4.78 is 0. The number of rotatable bonds is 2. The van der Waals surface area contributed by atoms with Crippen LogP contribution in [0.3, 0.4) is 0 Å². The molecule has 0 spiro atoms. The Hall–Kier alpha value is -5.98. The maximum Gasteiger partial charge on any atom is -0.00172 e. The SMILES string of the molecule is Cc1cc(C)c(C)c(-c2ccc3c(c2)c2cc4c5cc6c7cc(-c8cc(C)cc(C)c8C)ccc7c7ccc(C)c(c5ccc4c4c(C)ccc3c24)c76)c1. The Labute approximate surface area is 316 Å². The second-order valence-electron chi connectivity index (χ2n) is 16.5. The van der Waals surface area contributed by atoms with Crippen molar-refractivity contribution < 1.29 is 0 Å². The summed E-state index contributed by atoms with van der Waals surface area (Å²) in [4.78, 5) is 0. The maximum atomic E-state index is 2.54. The molecular formula is C54H42. The Kier molecular flexibility index (Phi) is 6.31. The maximum absolute atomic E-state index is 2.54. The minimum atomic E-state index is 1.29. The number of hydrogen-bond donors (Lipinski definition) is 0. The van der Waals surface area contributed by atoms with Gasteiger partial charge in [0.2, 0.25) is 0 Å². The summed E-state index contributed by atoms with van der Waals surface area (Å²) >= 11 is 0. The van der Waals surface area contributed by atoms with Gasteiger partial charge in [-0.3, -0.25) is 0 Å². The molecule has 0 N–H and O–H groups in total. The Morgan fingerprint density at radius 2 is 0.593 bits per heavy atom. The first-order valence-electron chi connectivity index (χ1n) is 19.4. The normalized spacial score (nSPS) is 12.4. The van der Waals surface area contributed by atoms with Crippen LogP contribution in [-0.4, -0.2) is 0 Å². The van der Waals surface area contributed by atoms with Gasteiger partial charge in [0, 0.05) is 0 Å². The summed E-state index contributed by atoms with van der Waals surface area (Å²) in [6.07, 6.45) is 0. The molecule has 0 heterocycles. The monoisotopic (exact) mass is 690 g/mol.